The van der Waals surface area contributed by atoms with Gasteiger partial charge in [-0.05, 0) is 59.9 Å². The van der Waals surface area contributed by atoms with Crippen molar-refractivity contribution in [3.05, 3.63) is 120 Å². The molecule has 9 nitrogen and oxygen atoms in total. The van der Waals surface area contributed by atoms with Gasteiger partial charge in [0.25, 0.3) is 5.56 Å². The second-order valence-electron chi connectivity index (χ2n) is 10.9. The van der Waals surface area contributed by atoms with E-state index in [0.717, 1.165) is 11.1 Å². The van der Waals surface area contributed by atoms with E-state index in [1.54, 1.807) is 31.2 Å². The predicted molar refractivity (Wildman–Crippen MR) is 171 cm³/mol. The van der Waals surface area contributed by atoms with Crippen LogP contribution in [0.25, 0.3) is 6.08 Å². The molecule has 2 heterocycles. The summed E-state index contributed by atoms with van der Waals surface area (Å²) in [7, 11) is 1.45. The number of thiazole rings is 1. The van der Waals surface area contributed by atoms with Gasteiger partial charge in [0.2, 0.25) is 0 Å². The summed E-state index contributed by atoms with van der Waals surface area (Å²) >= 11 is 1.23. The van der Waals surface area contributed by atoms with Gasteiger partial charge in [-0.2, -0.15) is 0 Å². The van der Waals surface area contributed by atoms with Crippen molar-refractivity contribution in [2.24, 2.45) is 10.9 Å². The Labute approximate surface area is 264 Å². The number of ether oxygens (including phenoxy) is 4. The molecule has 0 saturated carbocycles. The monoisotopic (exact) mass is 626 g/mol. The number of esters is 2. The van der Waals surface area contributed by atoms with Gasteiger partial charge >= 0.3 is 11.9 Å². The first-order chi connectivity index (χ1) is 21.6. The number of aromatic nitrogens is 1. The summed E-state index contributed by atoms with van der Waals surface area (Å²) in [6.45, 7) is 7.59. The Bertz CT molecular complexity index is 1920. The molecule has 0 N–H and O–H groups in total. The normalized spacial score (nSPS) is 14.5. The summed E-state index contributed by atoms with van der Waals surface area (Å²) < 4.78 is 24.3. The number of methoxy groups -OCH3 is 1. The van der Waals surface area contributed by atoms with Crippen molar-refractivity contribution >= 4 is 29.4 Å². The van der Waals surface area contributed by atoms with E-state index in [4.69, 9.17) is 18.9 Å². The largest absolute Gasteiger partial charge is 0.493 e. The zero-order valence-electron chi connectivity index (χ0n) is 25.7. The highest BCUT2D eigenvalue weighted by atomic mass is 32.1. The van der Waals surface area contributed by atoms with Crippen LogP contribution in [0.2, 0.25) is 0 Å². The molecule has 1 unspecified atom stereocenters. The lowest BCUT2D eigenvalue weighted by Gasteiger charge is -2.25. The second kappa shape index (κ2) is 13.8. The first-order valence-corrected chi connectivity index (χ1v) is 15.3. The van der Waals surface area contributed by atoms with Gasteiger partial charge in [-0.15, -0.1) is 0 Å². The summed E-state index contributed by atoms with van der Waals surface area (Å²) in [4.78, 5) is 44.2. The lowest BCUT2D eigenvalue weighted by molar-refractivity contribution is -0.140. The molecule has 0 spiro atoms. The zero-order valence-corrected chi connectivity index (χ0v) is 26.6. The third-order valence-electron chi connectivity index (χ3n) is 6.97. The Hall–Kier alpha value is -4.96. The quantitative estimate of drug-likeness (QED) is 0.181. The van der Waals surface area contributed by atoms with Gasteiger partial charge in [0, 0.05) is 6.92 Å². The van der Waals surface area contributed by atoms with Crippen molar-refractivity contribution in [3.8, 4) is 17.2 Å². The van der Waals surface area contributed by atoms with Crippen LogP contribution in [-0.2, 0) is 20.9 Å². The minimum Gasteiger partial charge on any atom is -0.493 e. The van der Waals surface area contributed by atoms with Crippen molar-refractivity contribution in [2.45, 2.75) is 40.3 Å². The Kier molecular flexibility index (Phi) is 9.63. The summed E-state index contributed by atoms with van der Waals surface area (Å²) in [5, 5.41) is 0. The van der Waals surface area contributed by atoms with Crippen LogP contribution >= 0.6 is 11.3 Å². The minimum absolute atomic E-state index is 0.118. The van der Waals surface area contributed by atoms with E-state index >= 15 is 0 Å². The fraction of sp³-hybridized carbons (Fsp3) is 0.257. The highest BCUT2D eigenvalue weighted by molar-refractivity contribution is 7.07. The van der Waals surface area contributed by atoms with Crippen LogP contribution in [0.4, 0.5) is 0 Å². The van der Waals surface area contributed by atoms with Crippen molar-refractivity contribution in [2.75, 3.05) is 13.7 Å². The van der Waals surface area contributed by atoms with Crippen molar-refractivity contribution in [1.82, 2.24) is 4.57 Å². The number of hydrogen-bond acceptors (Lipinski definition) is 9. The lowest BCUT2D eigenvalue weighted by atomic mass is 9.95. The number of benzene rings is 3. The average molecular weight is 627 g/mol. The second-order valence-corrected chi connectivity index (χ2v) is 11.9. The van der Waals surface area contributed by atoms with Crippen LogP contribution in [0, 0.1) is 5.92 Å². The van der Waals surface area contributed by atoms with E-state index in [1.165, 1.54) is 29.9 Å². The molecule has 4 aromatic rings. The molecule has 1 atom stereocenters. The van der Waals surface area contributed by atoms with Crippen LogP contribution in [-0.4, -0.2) is 30.2 Å². The molecule has 0 bridgehead atoms. The minimum atomic E-state index is -0.850. The van der Waals surface area contributed by atoms with Gasteiger partial charge in [0.15, 0.2) is 16.3 Å². The molecular formula is C35H34N2O7S. The van der Waals surface area contributed by atoms with Crippen molar-refractivity contribution in [3.63, 3.8) is 0 Å². The van der Waals surface area contributed by atoms with Crippen LogP contribution in [0.15, 0.2) is 93.9 Å². The molecule has 5 rings (SSSR count). The molecule has 0 amide bonds. The number of allylic oxidation sites excluding steroid dienone is 1. The molecule has 1 aromatic heterocycles. The Morgan fingerprint density at radius 3 is 2.42 bits per heavy atom. The van der Waals surface area contributed by atoms with E-state index in [1.807, 2.05) is 68.4 Å². The molecular weight excluding hydrogens is 592 g/mol. The van der Waals surface area contributed by atoms with Crippen LogP contribution in [0.5, 0.6) is 17.2 Å². The Balaban J connectivity index is 1.54. The van der Waals surface area contributed by atoms with E-state index in [-0.39, 0.29) is 35.2 Å². The standard InChI is InChI=1S/C35H34N2O7S/c1-21(2)19-43-34(40)31-22(3)36-35-37(32(31)26-13-16-28(44-23(4)38)29(18-26)41-5)33(39)30(45-35)17-24-11-14-27(15-12-24)42-20-25-9-7-6-8-10-25/h6-18,21,32H,19-20H2,1-5H3/b30-17-. The fourth-order valence-electron chi connectivity index (χ4n) is 4.86. The molecule has 0 radical (unpaired) electrons. The first-order valence-electron chi connectivity index (χ1n) is 14.5. The Morgan fingerprint density at radius 1 is 1.02 bits per heavy atom. The first kappa shape index (κ1) is 31.5. The average Bonchev–Trinajstić information content (AvgIpc) is 3.33. The van der Waals surface area contributed by atoms with Gasteiger partial charge in [-0.3, -0.25) is 14.2 Å². The molecule has 0 aliphatic carbocycles. The van der Waals surface area contributed by atoms with E-state index < -0.39 is 18.0 Å². The lowest BCUT2D eigenvalue weighted by Crippen LogP contribution is -2.40. The van der Waals surface area contributed by atoms with Gasteiger partial charge < -0.3 is 18.9 Å². The van der Waals surface area contributed by atoms with Crippen LogP contribution in [0.1, 0.15) is 50.4 Å². The third-order valence-corrected chi connectivity index (χ3v) is 7.96. The smallest absolute Gasteiger partial charge is 0.338 e. The summed E-state index contributed by atoms with van der Waals surface area (Å²) in [5.41, 5.74) is 2.84. The number of nitrogens with zero attached hydrogens (tertiary/aromatic N) is 2. The van der Waals surface area contributed by atoms with Crippen molar-refractivity contribution < 1.29 is 28.5 Å². The van der Waals surface area contributed by atoms with Crippen LogP contribution < -0.4 is 29.1 Å². The van der Waals surface area contributed by atoms with Gasteiger partial charge in [-0.1, -0.05) is 73.7 Å². The predicted octanol–water partition coefficient (Wildman–Crippen LogP) is 4.95. The molecule has 1 aliphatic heterocycles. The number of fused-ring (bicyclic) bond motifs is 1. The molecule has 10 heteroatoms. The molecule has 0 saturated heterocycles. The fourth-order valence-corrected chi connectivity index (χ4v) is 5.91. The molecule has 232 valence electrons. The molecule has 0 fully saturated rings. The van der Waals surface area contributed by atoms with Gasteiger partial charge in [-0.25, -0.2) is 9.79 Å². The number of carbonyl (C=O) groups excluding carboxylic acids is 2. The maximum absolute atomic E-state index is 14.0. The SMILES string of the molecule is COc1cc(C2C(C(=O)OCC(C)C)=C(C)N=c3s/c(=C\c4ccc(OCc5ccccc5)cc4)c(=O)n32)ccc1OC(C)=O. The van der Waals surface area contributed by atoms with Gasteiger partial charge in [0.05, 0.1) is 35.6 Å². The number of hydrogen-bond donors (Lipinski definition) is 0. The van der Waals surface area contributed by atoms with Gasteiger partial charge in [0.1, 0.15) is 12.4 Å². The maximum Gasteiger partial charge on any atom is 0.338 e. The molecule has 1 aliphatic rings. The van der Waals surface area contributed by atoms with Crippen molar-refractivity contribution in [1.29, 1.82) is 0 Å². The number of rotatable bonds is 10. The highest BCUT2D eigenvalue weighted by Gasteiger charge is 2.34. The topological polar surface area (TPSA) is 105 Å². The Morgan fingerprint density at radius 2 is 1.76 bits per heavy atom. The van der Waals surface area contributed by atoms with E-state index in [0.29, 0.717) is 33.0 Å². The van der Waals surface area contributed by atoms with Crippen LogP contribution in [0.3, 0.4) is 0 Å². The highest BCUT2D eigenvalue weighted by Crippen LogP contribution is 2.36. The number of carbonyl (C=O) groups is 2. The third kappa shape index (κ3) is 7.24. The van der Waals surface area contributed by atoms with E-state index in [2.05, 4.69) is 4.99 Å². The molecule has 45 heavy (non-hydrogen) atoms. The summed E-state index contributed by atoms with van der Waals surface area (Å²) in [6.07, 6.45) is 1.79. The maximum atomic E-state index is 14.0. The summed E-state index contributed by atoms with van der Waals surface area (Å²) in [6, 6.07) is 21.5. The molecule has 3 aromatic carbocycles. The van der Waals surface area contributed by atoms with E-state index in [9.17, 15) is 14.4 Å². The zero-order chi connectivity index (χ0) is 32.1. The summed E-state index contributed by atoms with van der Waals surface area (Å²) in [5.74, 6) is 0.277.